The first-order valence-electron chi connectivity index (χ1n) is 6.50. The van der Waals surface area contributed by atoms with Crippen molar-refractivity contribution in [3.05, 3.63) is 29.3 Å². The summed E-state index contributed by atoms with van der Waals surface area (Å²) in [5.41, 5.74) is -0.495. The van der Waals surface area contributed by atoms with Gasteiger partial charge in [-0.3, -0.25) is 0 Å². The van der Waals surface area contributed by atoms with Crippen LogP contribution in [0.15, 0.2) is 18.2 Å². The second-order valence-corrected chi connectivity index (χ2v) is 4.89. The molecule has 1 N–H and O–H groups in total. The second kappa shape index (κ2) is 5.71. The van der Waals surface area contributed by atoms with E-state index in [-0.39, 0.29) is 11.6 Å². The van der Waals surface area contributed by atoms with Crippen molar-refractivity contribution in [2.24, 2.45) is 0 Å². The number of hydrogen-bond acceptors (Lipinski definition) is 3. The summed E-state index contributed by atoms with van der Waals surface area (Å²) in [5.74, 6) is 0. The van der Waals surface area contributed by atoms with Gasteiger partial charge in [0.05, 0.1) is 17.2 Å². The van der Waals surface area contributed by atoms with Crippen molar-refractivity contribution in [2.45, 2.75) is 25.1 Å². The van der Waals surface area contributed by atoms with Gasteiger partial charge in [0.15, 0.2) is 0 Å². The van der Waals surface area contributed by atoms with Gasteiger partial charge in [0.2, 0.25) is 0 Å². The molecule has 1 fully saturated rings. The molecule has 1 unspecified atom stereocenters. The molecule has 2 rings (SSSR count). The molecule has 1 aromatic rings. The summed E-state index contributed by atoms with van der Waals surface area (Å²) in [5, 5.41) is 12.0. The SMILES string of the molecule is CNCC1CCCN1c1ccc(C(F)(F)F)c(C#N)c1. The summed E-state index contributed by atoms with van der Waals surface area (Å²) >= 11 is 0. The van der Waals surface area contributed by atoms with Crippen molar-refractivity contribution in [1.29, 1.82) is 5.26 Å². The van der Waals surface area contributed by atoms with Crippen LogP contribution in [0, 0.1) is 11.3 Å². The fraction of sp³-hybridized carbons (Fsp3) is 0.500. The highest BCUT2D eigenvalue weighted by Crippen LogP contribution is 2.35. The third-order valence-electron chi connectivity index (χ3n) is 3.58. The van der Waals surface area contributed by atoms with Crippen LogP contribution in [0.2, 0.25) is 0 Å². The lowest BCUT2D eigenvalue weighted by molar-refractivity contribution is -0.137. The van der Waals surface area contributed by atoms with Crippen molar-refractivity contribution in [3.63, 3.8) is 0 Å². The van der Waals surface area contributed by atoms with Gasteiger partial charge in [-0.25, -0.2) is 0 Å². The summed E-state index contributed by atoms with van der Waals surface area (Å²) in [4.78, 5) is 2.07. The first-order valence-corrected chi connectivity index (χ1v) is 6.50. The van der Waals surface area contributed by atoms with E-state index in [2.05, 4.69) is 10.2 Å². The topological polar surface area (TPSA) is 39.1 Å². The number of hydrogen-bond donors (Lipinski definition) is 1. The van der Waals surface area contributed by atoms with Crippen LogP contribution < -0.4 is 10.2 Å². The van der Waals surface area contributed by atoms with Crippen molar-refractivity contribution in [2.75, 3.05) is 25.0 Å². The lowest BCUT2D eigenvalue weighted by Gasteiger charge is -2.27. The highest BCUT2D eigenvalue weighted by Gasteiger charge is 2.34. The molecule has 0 saturated carbocycles. The molecule has 20 heavy (non-hydrogen) atoms. The van der Waals surface area contributed by atoms with Gasteiger partial charge in [0.25, 0.3) is 0 Å². The molecule has 1 heterocycles. The fourth-order valence-corrected chi connectivity index (χ4v) is 2.67. The van der Waals surface area contributed by atoms with E-state index in [0.717, 1.165) is 32.0 Å². The molecule has 0 amide bonds. The third-order valence-corrected chi connectivity index (χ3v) is 3.58. The van der Waals surface area contributed by atoms with Gasteiger partial charge in [0.1, 0.15) is 0 Å². The minimum atomic E-state index is -4.49. The van der Waals surface area contributed by atoms with Gasteiger partial charge in [-0.2, -0.15) is 18.4 Å². The minimum Gasteiger partial charge on any atom is -0.367 e. The molecule has 108 valence electrons. The summed E-state index contributed by atoms with van der Waals surface area (Å²) in [7, 11) is 1.85. The standard InChI is InChI=1S/C14H16F3N3/c1-19-9-12-3-2-6-20(12)11-4-5-13(14(15,16)17)10(7-11)8-18/h4-5,7,12,19H,2-3,6,9H2,1H3. The molecule has 6 heteroatoms. The maximum absolute atomic E-state index is 12.8. The Morgan fingerprint density at radius 1 is 1.45 bits per heavy atom. The Balaban J connectivity index is 2.33. The predicted octanol–water partition coefficient (Wildman–Crippen LogP) is 2.77. The van der Waals surface area contributed by atoms with Crippen LogP contribution in [-0.4, -0.2) is 26.2 Å². The van der Waals surface area contributed by atoms with Crippen LogP contribution in [0.25, 0.3) is 0 Å². The maximum atomic E-state index is 12.8. The quantitative estimate of drug-likeness (QED) is 0.927. The molecule has 1 saturated heterocycles. The number of anilines is 1. The number of nitrogens with zero attached hydrogens (tertiary/aromatic N) is 2. The molecular weight excluding hydrogens is 267 g/mol. The van der Waals surface area contributed by atoms with Gasteiger partial charge in [-0.15, -0.1) is 0 Å². The van der Waals surface area contributed by atoms with E-state index in [1.54, 1.807) is 6.07 Å². The van der Waals surface area contributed by atoms with Crippen molar-refractivity contribution in [3.8, 4) is 6.07 Å². The van der Waals surface area contributed by atoms with Gasteiger partial charge >= 0.3 is 6.18 Å². The first-order chi connectivity index (χ1) is 9.47. The molecule has 1 aromatic carbocycles. The first kappa shape index (κ1) is 14.7. The molecule has 0 radical (unpaired) electrons. The number of nitriles is 1. The van der Waals surface area contributed by atoms with E-state index in [9.17, 15) is 13.2 Å². The summed E-state index contributed by atoms with van der Waals surface area (Å²) < 4.78 is 38.3. The number of alkyl halides is 3. The molecule has 0 aliphatic carbocycles. The number of halogens is 3. The summed E-state index contributed by atoms with van der Waals surface area (Å²) in [6.07, 6.45) is -2.47. The lowest BCUT2D eigenvalue weighted by Crippen LogP contribution is -2.36. The zero-order valence-corrected chi connectivity index (χ0v) is 11.2. The monoisotopic (exact) mass is 283 g/mol. The van der Waals surface area contributed by atoms with Gasteiger partial charge in [-0.05, 0) is 38.1 Å². The number of nitrogens with one attached hydrogen (secondary N) is 1. The summed E-state index contributed by atoms with van der Waals surface area (Å²) in [6, 6.07) is 5.72. The van der Waals surface area contributed by atoms with Gasteiger partial charge < -0.3 is 10.2 Å². The lowest BCUT2D eigenvalue weighted by atomic mass is 10.1. The Hall–Kier alpha value is -1.74. The van der Waals surface area contributed by atoms with Crippen molar-refractivity contribution < 1.29 is 13.2 Å². The zero-order chi connectivity index (χ0) is 14.8. The van der Waals surface area contributed by atoms with Crippen LogP contribution >= 0.6 is 0 Å². The van der Waals surface area contributed by atoms with E-state index in [4.69, 9.17) is 5.26 Å². The van der Waals surface area contributed by atoms with E-state index in [0.29, 0.717) is 5.69 Å². The Kier molecular flexibility index (Phi) is 4.19. The summed E-state index contributed by atoms with van der Waals surface area (Å²) in [6.45, 7) is 1.59. The van der Waals surface area contributed by atoms with Crippen LogP contribution in [0.3, 0.4) is 0 Å². The van der Waals surface area contributed by atoms with Crippen LogP contribution in [0.4, 0.5) is 18.9 Å². The number of benzene rings is 1. The normalized spacial score (nSPS) is 19.1. The fourth-order valence-electron chi connectivity index (χ4n) is 2.67. The largest absolute Gasteiger partial charge is 0.417 e. The average molecular weight is 283 g/mol. The van der Waals surface area contributed by atoms with Crippen LogP contribution in [-0.2, 0) is 6.18 Å². The third kappa shape index (κ3) is 2.88. The molecular formula is C14H16F3N3. The van der Waals surface area contributed by atoms with E-state index in [1.165, 1.54) is 12.1 Å². The minimum absolute atomic E-state index is 0.267. The molecule has 1 aliphatic heterocycles. The number of likely N-dealkylation sites (N-methyl/N-ethyl adjacent to an activating group) is 1. The Morgan fingerprint density at radius 3 is 2.80 bits per heavy atom. The van der Waals surface area contributed by atoms with Crippen LogP contribution in [0.5, 0.6) is 0 Å². The average Bonchev–Trinajstić information content (AvgIpc) is 2.85. The smallest absolute Gasteiger partial charge is 0.367 e. The molecule has 1 atom stereocenters. The zero-order valence-electron chi connectivity index (χ0n) is 11.2. The van der Waals surface area contributed by atoms with E-state index >= 15 is 0 Å². The Bertz CT molecular complexity index is 519. The predicted molar refractivity (Wildman–Crippen MR) is 70.5 cm³/mol. The van der Waals surface area contributed by atoms with E-state index in [1.807, 2.05) is 7.05 Å². The van der Waals surface area contributed by atoms with Gasteiger partial charge in [0, 0.05) is 24.8 Å². The molecule has 1 aliphatic rings. The van der Waals surface area contributed by atoms with E-state index < -0.39 is 11.7 Å². The molecule has 3 nitrogen and oxygen atoms in total. The Morgan fingerprint density at radius 2 is 2.20 bits per heavy atom. The maximum Gasteiger partial charge on any atom is 0.417 e. The second-order valence-electron chi connectivity index (χ2n) is 4.89. The van der Waals surface area contributed by atoms with Crippen molar-refractivity contribution >= 4 is 5.69 Å². The highest BCUT2D eigenvalue weighted by atomic mass is 19.4. The highest BCUT2D eigenvalue weighted by molar-refractivity contribution is 5.56. The molecule has 0 spiro atoms. The number of rotatable bonds is 3. The van der Waals surface area contributed by atoms with Crippen LogP contribution in [0.1, 0.15) is 24.0 Å². The Labute approximate surface area is 116 Å². The molecule has 0 bridgehead atoms. The molecule has 0 aromatic heterocycles. The van der Waals surface area contributed by atoms with Crippen molar-refractivity contribution in [1.82, 2.24) is 5.32 Å². The van der Waals surface area contributed by atoms with Gasteiger partial charge in [-0.1, -0.05) is 0 Å².